The molecule has 0 fully saturated rings. The molecule has 1 aromatic carbocycles. The highest BCUT2D eigenvalue weighted by molar-refractivity contribution is 9.10. The van der Waals surface area contributed by atoms with Crippen molar-refractivity contribution in [1.29, 1.82) is 0 Å². The summed E-state index contributed by atoms with van der Waals surface area (Å²) in [7, 11) is 0. The van der Waals surface area contributed by atoms with Crippen molar-refractivity contribution in [2.24, 2.45) is 0 Å². The third-order valence-corrected chi connectivity index (χ3v) is 4.01. The molecule has 0 spiro atoms. The Morgan fingerprint density at radius 3 is 3.00 bits per heavy atom. The first-order chi connectivity index (χ1) is 8.66. The maximum atomic E-state index is 13.5. The molecule has 0 aliphatic carbocycles. The number of ether oxygens (including phenoxy) is 1. The van der Waals surface area contributed by atoms with E-state index in [1.165, 1.54) is 12.1 Å². The number of benzene rings is 1. The minimum absolute atomic E-state index is 0.113. The first kappa shape index (κ1) is 12.1. The van der Waals surface area contributed by atoms with Gasteiger partial charge in [-0.3, -0.25) is 4.68 Å². The zero-order chi connectivity index (χ0) is 12.7. The molecule has 0 saturated carbocycles. The summed E-state index contributed by atoms with van der Waals surface area (Å²) in [6, 6.07) is 4.68. The average Bonchev–Trinajstić information content (AvgIpc) is 2.71. The minimum Gasteiger partial charge on any atom is -0.373 e. The van der Waals surface area contributed by atoms with Crippen LogP contribution in [0.4, 0.5) is 4.39 Å². The van der Waals surface area contributed by atoms with Gasteiger partial charge in [-0.15, -0.1) is 0 Å². The lowest BCUT2D eigenvalue weighted by molar-refractivity contribution is 0.0796. The fourth-order valence-corrected chi connectivity index (χ4v) is 2.69. The second-order valence-corrected chi connectivity index (χ2v) is 5.21. The lowest BCUT2D eigenvalue weighted by Crippen LogP contribution is -2.17. The van der Waals surface area contributed by atoms with Crippen LogP contribution >= 0.6 is 27.5 Å². The second-order valence-electron chi connectivity index (χ2n) is 4.01. The van der Waals surface area contributed by atoms with Gasteiger partial charge in [-0.1, -0.05) is 17.7 Å². The van der Waals surface area contributed by atoms with Crippen LogP contribution in [0.5, 0.6) is 0 Å². The molecule has 3 nitrogen and oxygen atoms in total. The Labute approximate surface area is 117 Å². The maximum absolute atomic E-state index is 13.5. The number of halogens is 3. The van der Waals surface area contributed by atoms with E-state index in [0.717, 1.165) is 10.2 Å². The highest BCUT2D eigenvalue weighted by Gasteiger charge is 2.20. The van der Waals surface area contributed by atoms with Gasteiger partial charge in [0.05, 0.1) is 34.9 Å². The number of rotatable bonds is 1. The molecule has 0 unspecified atom stereocenters. The van der Waals surface area contributed by atoms with Crippen molar-refractivity contribution < 1.29 is 9.13 Å². The largest absolute Gasteiger partial charge is 0.373 e. The van der Waals surface area contributed by atoms with E-state index in [1.807, 2.05) is 4.68 Å². The molecule has 1 aliphatic heterocycles. The standard InChI is InChI=1S/C12H9BrClFN2O/c13-11-10-6-18-4-3-17(10)16-12(11)7-1-2-8(14)9(15)5-7/h1-2,5H,3-4,6H2. The minimum atomic E-state index is -0.441. The average molecular weight is 332 g/mol. The monoisotopic (exact) mass is 330 g/mol. The van der Waals surface area contributed by atoms with Gasteiger partial charge in [0.15, 0.2) is 0 Å². The zero-order valence-corrected chi connectivity index (χ0v) is 11.6. The number of nitrogens with zero attached hydrogens (tertiary/aromatic N) is 2. The lowest BCUT2D eigenvalue weighted by atomic mass is 10.1. The van der Waals surface area contributed by atoms with Gasteiger partial charge in [-0.2, -0.15) is 5.10 Å². The van der Waals surface area contributed by atoms with Gasteiger partial charge in [0.25, 0.3) is 0 Å². The molecule has 0 amide bonds. The van der Waals surface area contributed by atoms with Crippen LogP contribution in [0, 0.1) is 5.82 Å². The van der Waals surface area contributed by atoms with Gasteiger partial charge in [-0.05, 0) is 28.1 Å². The Balaban J connectivity index is 2.11. The summed E-state index contributed by atoms with van der Waals surface area (Å²) >= 11 is 9.17. The van der Waals surface area contributed by atoms with Crippen LogP contribution < -0.4 is 0 Å². The molecule has 0 saturated heterocycles. The number of fused-ring (bicyclic) bond motifs is 1. The maximum Gasteiger partial charge on any atom is 0.142 e. The van der Waals surface area contributed by atoms with E-state index in [-0.39, 0.29) is 5.02 Å². The molecule has 1 aliphatic rings. The van der Waals surface area contributed by atoms with Gasteiger partial charge in [-0.25, -0.2) is 4.39 Å². The summed E-state index contributed by atoms with van der Waals surface area (Å²) in [6.07, 6.45) is 0. The van der Waals surface area contributed by atoms with E-state index < -0.39 is 5.82 Å². The summed E-state index contributed by atoms with van der Waals surface area (Å²) in [6.45, 7) is 1.88. The summed E-state index contributed by atoms with van der Waals surface area (Å²) in [5, 5.41) is 4.58. The van der Waals surface area contributed by atoms with Crippen LogP contribution in [0.25, 0.3) is 11.3 Å². The van der Waals surface area contributed by atoms with Crippen molar-refractivity contribution >= 4 is 27.5 Å². The summed E-state index contributed by atoms with van der Waals surface area (Å²) < 4.78 is 21.6. The van der Waals surface area contributed by atoms with E-state index in [1.54, 1.807) is 6.07 Å². The molecule has 0 radical (unpaired) electrons. The lowest BCUT2D eigenvalue weighted by Gasteiger charge is -2.13. The predicted octanol–water partition coefficient (Wildman–Crippen LogP) is 3.64. The van der Waals surface area contributed by atoms with Crippen molar-refractivity contribution in [3.8, 4) is 11.3 Å². The Morgan fingerprint density at radius 2 is 2.28 bits per heavy atom. The predicted molar refractivity (Wildman–Crippen MR) is 70.0 cm³/mol. The molecule has 3 rings (SSSR count). The van der Waals surface area contributed by atoms with Crippen molar-refractivity contribution in [2.45, 2.75) is 13.2 Å². The van der Waals surface area contributed by atoms with Gasteiger partial charge in [0.2, 0.25) is 0 Å². The molecule has 1 aromatic heterocycles. The first-order valence-corrected chi connectivity index (χ1v) is 6.62. The molecule has 2 aromatic rings. The molecule has 0 atom stereocenters. The molecule has 94 valence electrons. The summed E-state index contributed by atoms with van der Waals surface area (Å²) in [5.74, 6) is -0.441. The van der Waals surface area contributed by atoms with Crippen molar-refractivity contribution in [1.82, 2.24) is 9.78 Å². The van der Waals surface area contributed by atoms with E-state index >= 15 is 0 Å². The quantitative estimate of drug-likeness (QED) is 0.798. The van der Waals surface area contributed by atoms with E-state index in [9.17, 15) is 4.39 Å². The Bertz CT molecular complexity index is 614. The highest BCUT2D eigenvalue weighted by atomic mass is 79.9. The van der Waals surface area contributed by atoms with Crippen molar-refractivity contribution in [2.75, 3.05) is 6.61 Å². The number of hydrogen-bond acceptors (Lipinski definition) is 2. The van der Waals surface area contributed by atoms with Gasteiger partial charge < -0.3 is 4.74 Å². The van der Waals surface area contributed by atoms with E-state index in [4.69, 9.17) is 16.3 Å². The van der Waals surface area contributed by atoms with Gasteiger partial charge in [0, 0.05) is 5.56 Å². The molecule has 0 N–H and O–H groups in total. The molecule has 0 bridgehead atoms. The summed E-state index contributed by atoms with van der Waals surface area (Å²) in [5.41, 5.74) is 2.39. The van der Waals surface area contributed by atoms with Crippen molar-refractivity contribution in [3.05, 3.63) is 39.2 Å². The van der Waals surface area contributed by atoms with Crippen LogP contribution in [-0.4, -0.2) is 16.4 Å². The Hall–Kier alpha value is -0.910. The fourth-order valence-electron chi connectivity index (χ4n) is 1.95. The zero-order valence-electron chi connectivity index (χ0n) is 9.29. The van der Waals surface area contributed by atoms with Crippen LogP contribution in [-0.2, 0) is 17.9 Å². The number of aromatic nitrogens is 2. The fraction of sp³-hybridized carbons (Fsp3) is 0.250. The third kappa shape index (κ3) is 1.96. The molecular weight excluding hydrogens is 322 g/mol. The Morgan fingerprint density at radius 1 is 1.44 bits per heavy atom. The molecule has 2 heterocycles. The van der Waals surface area contributed by atoms with Crippen LogP contribution in [0.2, 0.25) is 5.02 Å². The Kier molecular flexibility index (Phi) is 3.13. The van der Waals surface area contributed by atoms with Crippen LogP contribution in [0.3, 0.4) is 0 Å². The third-order valence-electron chi connectivity index (χ3n) is 2.87. The van der Waals surface area contributed by atoms with E-state index in [0.29, 0.717) is 31.0 Å². The van der Waals surface area contributed by atoms with Crippen LogP contribution in [0.1, 0.15) is 5.69 Å². The molecular formula is C12H9BrClFN2O. The second kappa shape index (κ2) is 4.64. The first-order valence-electron chi connectivity index (χ1n) is 5.45. The smallest absolute Gasteiger partial charge is 0.142 e. The highest BCUT2D eigenvalue weighted by Crippen LogP contribution is 2.33. The van der Waals surface area contributed by atoms with Gasteiger partial charge >= 0.3 is 0 Å². The topological polar surface area (TPSA) is 27.1 Å². The van der Waals surface area contributed by atoms with E-state index in [2.05, 4.69) is 21.0 Å². The normalized spacial score (nSPS) is 14.6. The number of hydrogen-bond donors (Lipinski definition) is 0. The molecule has 18 heavy (non-hydrogen) atoms. The molecule has 6 heteroatoms. The van der Waals surface area contributed by atoms with Crippen LogP contribution in [0.15, 0.2) is 22.7 Å². The van der Waals surface area contributed by atoms with Crippen molar-refractivity contribution in [3.63, 3.8) is 0 Å². The van der Waals surface area contributed by atoms with Gasteiger partial charge in [0.1, 0.15) is 11.5 Å². The SMILES string of the molecule is Fc1cc(-c2nn3c(c2Br)COCC3)ccc1Cl. The summed E-state index contributed by atoms with van der Waals surface area (Å²) in [4.78, 5) is 0.